The van der Waals surface area contributed by atoms with Crippen LogP contribution in [0.5, 0.6) is 5.75 Å². The molecule has 0 atom stereocenters. The Morgan fingerprint density at radius 2 is 1.88 bits per heavy atom. The van der Waals surface area contributed by atoms with Gasteiger partial charge in [0.2, 0.25) is 0 Å². The number of carbonyl (C=O) groups excluding carboxylic acids is 1. The van der Waals surface area contributed by atoms with E-state index in [0.29, 0.717) is 18.0 Å². The third-order valence-corrected chi connectivity index (χ3v) is 3.38. The fourth-order valence-corrected chi connectivity index (χ4v) is 2.12. The molecule has 0 fully saturated rings. The first kappa shape index (κ1) is 18.8. The van der Waals surface area contributed by atoms with Gasteiger partial charge in [-0.2, -0.15) is 13.2 Å². The molecule has 0 bridgehead atoms. The SMILES string of the molecule is COCCOc1cc(C)ccc1NC(=O)c1cccc(C(F)(F)F)c1. The molecular formula is C18H18F3NO3. The van der Waals surface area contributed by atoms with Gasteiger partial charge in [0, 0.05) is 12.7 Å². The van der Waals surface area contributed by atoms with Crippen molar-refractivity contribution in [1.29, 1.82) is 0 Å². The zero-order valence-electron chi connectivity index (χ0n) is 13.8. The van der Waals surface area contributed by atoms with E-state index in [1.54, 1.807) is 18.2 Å². The van der Waals surface area contributed by atoms with E-state index in [1.807, 2.05) is 6.92 Å². The smallest absolute Gasteiger partial charge is 0.416 e. The number of hydrogen-bond donors (Lipinski definition) is 1. The minimum atomic E-state index is -4.51. The predicted molar refractivity (Wildman–Crippen MR) is 87.9 cm³/mol. The van der Waals surface area contributed by atoms with Crippen LogP contribution in [0.1, 0.15) is 21.5 Å². The van der Waals surface area contributed by atoms with Crippen molar-refractivity contribution in [3.05, 3.63) is 59.2 Å². The van der Waals surface area contributed by atoms with Gasteiger partial charge in [-0.05, 0) is 42.8 Å². The number of rotatable bonds is 6. The second-order valence-electron chi connectivity index (χ2n) is 5.37. The Hall–Kier alpha value is -2.54. The number of carbonyl (C=O) groups is 1. The fourth-order valence-electron chi connectivity index (χ4n) is 2.12. The number of methoxy groups -OCH3 is 1. The minimum absolute atomic E-state index is 0.0850. The third-order valence-electron chi connectivity index (χ3n) is 3.38. The zero-order chi connectivity index (χ0) is 18.4. The summed E-state index contributed by atoms with van der Waals surface area (Å²) in [6.45, 7) is 2.52. The first-order valence-corrected chi connectivity index (χ1v) is 7.52. The molecular weight excluding hydrogens is 335 g/mol. The predicted octanol–water partition coefficient (Wildman–Crippen LogP) is 4.29. The van der Waals surface area contributed by atoms with Gasteiger partial charge in [0.05, 0.1) is 17.9 Å². The van der Waals surface area contributed by atoms with E-state index in [0.717, 1.165) is 17.7 Å². The van der Waals surface area contributed by atoms with Crippen molar-refractivity contribution >= 4 is 11.6 Å². The average molecular weight is 353 g/mol. The number of aryl methyl sites for hydroxylation is 1. The van der Waals surface area contributed by atoms with Crippen LogP contribution in [0.2, 0.25) is 0 Å². The van der Waals surface area contributed by atoms with Crippen molar-refractivity contribution < 1.29 is 27.4 Å². The largest absolute Gasteiger partial charge is 0.489 e. The van der Waals surface area contributed by atoms with Gasteiger partial charge in [0.1, 0.15) is 12.4 Å². The van der Waals surface area contributed by atoms with Gasteiger partial charge in [0.25, 0.3) is 5.91 Å². The normalized spacial score (nSPS) is 11.2. The van der Waals surface area contributed by atoms with Crippen LogP contribution in [0.3, 0.4) is 0 Å². The number of ether oxygens (including phenoxy) is 2. The van der Waals surface area contributed by atoms with Crippen LogP contribution >= 0.6 is 0 Å². The van der Waals surface area contributed by atoms with Gasteiger partial charge in [-0.1, -0.05) is 12.1 Å². The Balaban J connectivity index is 2.20. The number of alkyl halides is 3. The van der Waals surface area contributed by atoms with Crippen molar-refractivity contribution in [3.8, 4) is 5.75 Å². The summed E-state index contributed by atoms with van der Waals surface area (Å²) in [6, 6.07) is 9.40. The average Bonchev–Trinajstić information content (AvgIpc) is 2.56. The molecule has 4 nitrogen and oxygen atoms in total. The molecule has 0 aliphatic heterocycles. The number of hydrogen-bond acceptors (Lipinski definition) is 3. The van der Waals surface area contributed by atoms with Gasteiger partial charge in [-0.3, -0.25) is 4.79 Å². The Morgan fingerprint density at radius 3 is 2.56 bits per heavy atom. The van der Waals surface area contributed by atoms with E-state index in [2.05, 4.69) is 5.32 Å². The summed E-state index contributed by atoms with van der Waals surface area (Å²) in [5.74, 6) is -0.219. The van der Waals surface area contributed by atoms with E-state index in [1.165, 1.54) is 19.2 Å². The lowest BCUT2D eigenvalue weighted by atomic mass is 10.1. The minimum Gasteiger partial charge on any atom is -0.489 e. The molecule has 0 unspecified atom stereocenters. The molecule has 0 saturated carbocycles. The second kappa shape index (κ2) is 8.02. The highest BCUT2D eigenvalue weighted by molar-refractivity contribution is 6.05. The molecule has 0 aromatic heterocycles. The molecule has 134 valence electrons. The number of halogens is 3. The number of benzene rings is 2. The van der Waals surface area contributed by atoms with E-state index in [-0.39, 0.29) is 12.2 Å². The lowest BCUT2D eigenvalue weighted by Gasteiger charge is -2.14. The summed E-state index contributed by atoms with van der Waals surface area (Å²) in [4.78, 5) is 12.3. The maximum atomic E-state index is 12.8. The summed E-state index contributed by atoms with van der Waals surface area (Å²) in [6.07, 6.45) is -4.51. The third kappa shape index (κ3) is 5.22. The highest BCUT2D eigenvalue weighted by atomic mass is 19.4. The van der Waals surface area contributed by atoms with Gasteiger partial charge in [-0.15, -0.1) is 0 Å². The monoisotopic (exact) mass is 353 g/mol. The Bertz CT molecular complexity index is 745. The lowest BCUT2D eigenvalue weighted by Crippen LogP contribution is -2.15. The summed E-state index contributed by atoms with van der Waals surface area (Å²) in [7, 11) is 1.54. The van der Waals surface area contributed by atoms with Crippen molar-refractivity contribution in [2.75, 3.05) is 25.6 Å². The Morgan fingerprint density at radius 1 is 1.12 bits per heavy atom. The van der Waals surface area contributed by atoms with Crippen LogP contribution < -0.4 is 10.1 Å². The Kier molecular flexibility index (Phi) is 6.03. The fraction of sp³-hybridized carbons (Fsp3) is 0.278. The molecule has 0 aliphatic carbocycles. The second-order valence-corrected chi connectivity index (χ2v) is 5.37. The number of nitrogens with one attached hydrogen (secondary N) is 1. The molecule has 0 aliphatic rings. The molecule has 0 radical (unpaired) electrons. The molecule has 7 heteroatoms. The molecule has 25 heavy (non-hydrogen) atoms. The van der Waals surface area contributed by atoms with Crippen molar-refractivity contribution in [1.82, 2.24) is 0 Å². The first-order chi connectivity index (χ1) is 11.8. The van der Waals surface area contributed by atoms with Crippen LogP contribution in [-0.2, 0) is 10.9 Å². The van der Waals surface area contributed by atoms with Crippen LogP contribution in [0.15, 0.2) is 42.5 Å². The first-order valence-electron chi connectivity index (χ1n) is 7.52. The van der Waals surface area contributed by atoms with Gasteiger partial charge < -0.3 is 14.8 Å². The maximum absolute atomic E-state index is 12.8. The van der Waals surface area contributed by atoms with E-state index in [9.17, 15) is 18.0 Å². The topological polar surface area (TPSA) is 47.6 Å². The highest BCUT2D eigenvalue weighted by Crippen LogP contribution is 2.30. The van der Waals surface area contributed by atoms with E-state index >= 15 is 0 Å². The number of amides is 1. The summed E-state index contributed by atoms with van der Waals surface area (Å²) >= 11 is 0. The Labute approximate surface area is 143 Å². The van der Waals surface area contributed by atoms with Gasteiger partial charge in [0.15, 0.2) is 0 Å². The lowest BCUT2D eigenvalue weighted by molar-refractivity contribution is -0.137. The summed E-state index contributed by atoms with van der Waals surface area (Å²) in [5.41, 5.74) is 0.340. The van der Waals surface area contributed by atoms with Crippen molar-refractivity contribution in [2.45, 2.75) is 13.1 Å². The van der Waals surface area contributed by atoms with Crippen LogP contribution in [0.25, 0.3) is 0 Å². The molecule has 1 amide bonds. The van der Waals surface area contributed by atoms with Gasteiger partial charge in [-0.25, -0.2) is 0 Å². The number of anilines is 1. The molecule has 0 saturated heterocycles. The van der Waals surface area contributed by atoms with Crippen LogP contribution in [0, 0.1) is 6.92 Å². The maximum Gasteiger partial charge on any atom is 0.416 e. The standard InChI is InChI=1S/C18H18F3NO3/c1-12-6-7-15(16(10-12)25-9-8-24-2)22-17(23)13-4-3-5-14(11-13)18(19,20)21/h3-7,10-11H,8-9H2,1-2H3,(H,22,23). The van der Waals surface area contributed by atoms with Crippen molar-refractivity contribution in [2.24, 2.45) is 0 Å². The molecule has 0 heterocycles. The highest BCUT2D eigenvalue weighted by Gasteiger charge is 2.30. The van der Waals surface area contributed by atoms with Gasteiger partial charge >= 0.3 is 6.18 Å². The van der Waals surface area contributed by atoms with Crippen LogP contribution in [-0.4, -0.2) is 26.2 Å². The summed E-state index contributed by atoms with van der Waals surface area (Å²) in [5, 5.41) is 2.59. The molecule has 2 aromatic carbocycles. The quantitative estimate of drug-likeness (QED) is 0.788. The molecule has 0 spiro atoms. The molecule has 2 rings (SSSR count). The summed E-state index contributed by atoms with van der Waals surface area (Å²) < 4.78 is 48.8. The molecule has 2 aromatic rings. The van der Waals surface area contributed by atoms with E-state index in [4.69, 9.17) is 9.47 Å². The molecule has 1 N–H and O–H groups in total. The van der Waals surface area contributed by atoms with Crippen LogP contribution in [0.4, 0.5) is 18.9 Å². The van der Waals surface area contributed by atoms with E-state index < -0.39 is 17.6 Å². The van der Waals surface area contributed by atoms with Crippen molar-refractivity contribution in [3.63, 3.8) is 0 Å². The zero-order valence-corrected chi connectivity index (χ0v) is 13.8.